The largest absolute Gasteiger partial charge is 0.370 e. The zero-order valence-corrected chi connectivity index (χ0v) is 12.1. The molecule has 3 nitrogen and oxygen atoms in total. The summed E-state index contributed by atoms with van der Waals surface area (Å²) in [6.45, 7) is 5.34. The van der Waals surface area contributed by atoms with Gasteiger partial charge in [0.05, 0.1) is 18.9 Å². The van der Waals surface area contributed by atoms with E-state index >= 15 is 0 Å². The van der Waals surface area contributed by atoms with Crippen molar-refractivity contribution >= 4 is 11.3 Å². The van der Waals surface area contributed by atoms with Crippen molar-refractivity contribution in [2.45, 2.75) is 33.1 Å². The molecule has 1 N–H and O–H groups in total. The molecule has 0 saturated carbocycles. The SMILES string of the molecule is CCCNCc1ccc(COCc2cccs2)nc1. The van der Waals surface area contributed by atoms with E-state index in [0.717, 1.165) is 25.2 Å². The first-order valence-corrected chi connectivity index (χ1v) is 7.51. The van der Waals surface area contributed by atoms with Gasteiger partial charge in [-0.1, -0.05) is 19.1 Å². The van der Waals surface area contributed by atoms with Crippen LogP contribution in [0, 0.1) is 0 Å². The molecule has 0 aliphatic carbocycles. The van der Waals surface area contributed by atoms with Crippen molar-refractivity contribution < 1.29 is 4.74 Å². The zero-order chi connectivity index (χ0) is 13.3. The van der Waals surface area contributed by atoms with Crippen LogP contribution in [-0.2, 0) is 24.5 Å². The molecule has 0 atom stereocenters. The Balaban J connectivity index is 1.72. The van der Waals surface area contributed by atoms with Crippen LogP contribution in [-0.4, -0.2) is 11.5 Å². The third kappa shape index (κ3) is 5.11. The molecular weight excluding hydrogens is 256 g/mol. The topological polar surface area (TPSA) is 34.1 Å². The molecule has 102 valence electrons. The average Bonchev–Trinajstić information content (AvgIpc) is 2.94. The van der Waals surface area contributed by atoms with Crippen LogP contribution in [0.25, 0.3) is 0 Å². The molecular formula is C15H20N2OS. The Hall–Kier alpha value is -1.23. The minimum absolute atomic E-state index is 0.570. The van der Waals surface area contributed by atoms with E-state index in [-0.39, 0.29) is 0 Å². The summed E-state index contributed by atoms with van der Waals surface area (Å²) in [6, 6.07) is 8.27. The predicted molar refractivity (Wildman–Crippen MR) is 79.0 cm³/mol. The van der Waals surface area contributed by atoms with Crippen LogP contribution in [0.4, 0.5) is 0 Å². The van der Waals surface area contributed by atoms with Gasteiger partial charge in [-0.15, -0.1) is 11.3 Å². The van der Waals surface area contributed by atoms with Crippen LogP contribution < -0.4 is 5.32 Å². The monoisotopic (exact) mass is 276 g/mol. The van der Waals surface area contributed by atoms with Crippen LogP contribution in [0.1, 0.15) is 29.5 Å². The Kier molecular flexibility index (Phi) is 6.01. The van der Waals surface area contributed by atoms with Gasteiger partial charge in [0, 0.05) is 17.6 Å². The van der Waals surface area contributed by atoms with Crippen molar-refractivity contribution in [1.82, 2.24) is 10.3 Å². The maximum Gasteiger partial charge on any atom is 0.0892 e. The molecule has 2 rings (SSSR count). The Bertz CT molecular complexity index is 454. The lowest BCUT2D eigenvalue weighted by Gasteiger charge is -2.05. The number of nitrogens with zero attached hydrogens (tertiary/aromatic N) is 1. The molecule has 0 aliphatic rings. The third-order valence-corrected chi connectivity index (χ3v) is 3.57. The van der Waals surface area contributed by atoms with Gasteiger partial charge < -0.3 is 10.1 Å². The maximum atomic E-state index is 5.63. The molecule has 2 aromatic heterocycles. The number of ether oxygens (including phenoxy) is 1. The molecule has 0 aromatic carbocycles. The van der Waals surface area contributed by atoms with Crippen LogP contribution in [0.15, 0.2) is 35.8 Å². The van der Waals surface area contributed by atoms with Crippen LogP contribution in [0.2, 0.25) is 0 Å². The molecule has 19 heavy (non-hydrogen) atoms. The number of rotatable bonds is 8. The smallest absolute Gasteiger partial charge is 0.0892 e. The molecule has 0 aliphatic heterocycles. The number of aromatic nitrogens is 1. The fourth-order valence-electron chi connectivity index (χ4n) is 1.71. The summed E-state index contributed by atoms with van der Waals surface area (Å²) in [7, 11) is 0. The van der Waals surface area contributed by atoms with E-state index < -0.39 is 0 Å². The Labute approximate surface area is 118 Å². The third-order valence-electron chi connectivity index (χ3n) is 2.72. The summed E-state index contributed by atoms with van der Waals surface area (Å²) >= 11 is 1.72. The van der Waals surface area contributed by atoms with Crippen molar-refractivity contribution in [3.8, 4) is 0 Å². The number of hydrogen-bond donors (Lipinski definition) is 1. The van der Waals surface area contributed by atoms with E-state index in [1.54, 1.807) is 11.3 Å². The van der Waals surface area contributed by atoms with Crippen LogP contribution in [0.5, 0.6) is 0 Å². The lowest BCUT2D eigenvalue weighted by Crippen LogP contribution is -2.13. The summed E-state index contributed by atoms with van der Waals surface area (Å²) < 4.78 is 5.63. The summed E-state index contributed by atoms with van der Waals surface area (Å²) in [5.41, 5.74) is 2.20. The van der Waals surface area contributed by atoms with Crippen molar-refractivity contribution in [3.05, 3.63) is 52.0 Å². The highest BCUT2D eigenvalue weighted by atomic mass is 32.1. The molecule has 0 spiro atoms. The minimum Gasteiger partial charge on any atom is -0.370 e. The summed E-state index contributed by atoms with van der Waals surface area (Å²) in [5.74, 6) is 0. The van der Waals surface area contributed by atoms with E-state index in [1.165, 1.54) is 10.4 Å². The van der Waals surface area contributed by atoms with Gasteiger partial charge in [-0.3, -0.25) is 4.98 Å². The highest BCUT2D eigenvalue weighted by molar-refractivity contribution is 7.09. The van der Waals surface area contributed by atoms with Crippen molar-refractivity contribution in [3.63, 3.8) is 0 Å². The maximum absolute atomic E-state index is 5.63. The van der Waals surface area contributed by atoms with Crippen molar-refractivity contribution in [2.24, 2.45) is 0 Å². The standard InChI is InChI=1S/C15H20N2OS/c1-2-7-16-9-13-5-6-14(17-10-13)11-18-12-15-4-3-8-19-15/h3-6,8,10,16H,2,7,9,11-12H2,1H3. The van der Waals surface area contributed by atoms with Gasteiger partial charge in [-0.05, 0) is 36.0 Å². The second kappa shape index (κ2) is 8.04. The fraction of sp³-hybridized carbons (Fsp3) is 0.400. The lowest BCUT2D eigenvalue weighted by molar-refractivity contribution is 0.106. The van der Waals surface area contributed by atoms with E-state index in [2.05, 4.69) is 34.7 Å². The van der Waals surface area contributed by atoms with E-state index in [0.29, 0.717) is 13.2 Å². The summed E-state index contributed by atoms with van der Waals surface area (Å²) in [5, 5.41) is 5.43. The minimum atomic E-state index is 0.570. The van der Waals surface area contributed by atoms with Gasteiger partial charge >= 0.3 is 0 Å². The van der Waals surface area contributed by atoms with Crippen LogP contribution in [0.3, 0.4) is 0 Å². The molecule has 2 heterocycles. The molecule has 0 bridgehead atoms. The van der Waals surface area contributed by atoms with Gasteiger partial charge in [-0.2, -0.15) is 0 Å². The molecule has 0 fully saturated rings. The van der Waals surface area contributed by atoms with Gasteiger partial charge in [0.1, 0.15) is 0 Å². The van der Waals surface area contributed by atoms with E-state index in [4.69, 9.17) is 4.74 Å². The number of thiophene rings is 1. The van der Waals surface area contributed by atoms with Gasteiger partial charge in [-0.25, -0.2) is 0 Å². The molecule has 0 amide bonds. The lowest BCUT2D eigenvalue weighted by atomic mass is 10.2. The number of pyridine rings is 1. The molecule has 0 unspecified atom stereocenters. The highest BCUT2D eigenvalue weighted by Gasteiger charge is 1.98. The average molecular weight is 276 g/mol. The first-order chi connectivity index (χ1) is 9.38. The summed E-state index contributed by atoms with van der Waals surface area (Å²) in [6.07, 6.45) is 3.08. The Morgan fingerprint density at radius 2 is 2.21 bits per heavy atom. The fourth-order valence-corrected chi connectivity index (χ4v) is 2.35. The van der Waals surface area contributed by atoms with E-state index in [9.17, 15) is 0 Å². The Morgan fingerprint density at radius 1 is 1.26 bits per heavy atom. The van der Waals surface area contributed by atoms with Gasteiger partial charge in [0.15, 0.2) is 0 Å². The van der Waals surface area contributed by atoms with Crippen molar-refractivity contribution in [1.29, 1.82) is 0 Å². The quantitative estimate of drug-likeness (QED) is 0.751. The molecule has 2 aromatic rings. The highest BCUT2D eigenvalue weighted by Crippen LogP contribution is 2.11. The first kappa shape index (κ1) is 14.2. The van der Waals surface area contributed by atoms with Crippen molar-refractivity contribution in [2.75, 3.05) is 6.54 Å². The number of nitrogens with one attached hydrogen (secondary N) is 1. The Morgan fingerprint density at radius 3 is 2.89 bits per heavy atom. The van der Waals surface area contributed by atoms with Crippen LogP contribution >= 0.6 is 11.3 Å². The van der Waals surface area contributed by atoms with Gasteiger partial charge in [0.2, 0.25) is 0 Å². The second-order valence-electron chi connectivity index (χ2n) is 4.41. The first-order valence-electron chi connectivity index (χ1n) is 6.63. The second-order valence-corrected chi connectivity index (χ2v) is 5.44. The molecule has 0 radical (unpaired) electrons. The normalized spacial score (nSPS) is 10.8. The van der Waals surface area contributed by atoms with Gasteiger partial charge in [0.25, 0.3) is 0 Å². The molecule has 0 saturated heterocycles. The predicted octanol–water partition coefficient (Wildman–Crippen LogP) is 3.36. The number of hydrogen-bond acceptors (Lipinski definition) is 4. The zero-order valence-electron chi connectivity index (χ0n) is 11.3. The summed E-state index contributed by atoms with van der Waals surface area (Å²) in [4.78, 5) is 5.67. The molecule has 4 heteroatoms. The van der Waals surface area contributed by atoms with E-state index in [1.807, 2.05) is 18.3 Å².